The van der Waals surface area contributed by atoms with Gasteiger partial charge in [-0.15, -0.1) is 0 Å². The van der Waals surface area contributed by atoms with Gasteiger partial charge >= 0.3 is 5.97 Å². The fourth-order valence-electron chi connectivity index (χ4n) is 5.02. The molecule has 2 fully saturated rings. The van der Waals surface area contributed by atoms with Gasteiger partial charge in [0.25, 0.3) is 11.7 Å². The molecule has 0 bridgehead atoms. The van der Waals surface area contributed by atoms with Crippen LogP contribution in [0.1, 0.15) is 88.1 Å². The number of nitrogens with zero attached hydrogens (tertiary/aromatic N) is 1. The first kappa shape index (κ1) is 20.2. The molecule has 0 N–H and O–H groups in total. The van der Waals surface area contributed by atoms with E-state index in [0.717, 1.165) is 38.5 Å². The monoisotopic (exact) mass is 399 g/mol. The SMILES string of the molecule is CC(C)[C@H]1CC[C@H](C)C[C@@H]1OC(=O)c1ccccc1C1=NOC2(CCCCC2)O1. The lowest BCUT2D eigenvalue weighted by Crippen LogP contribution is -2.36. The summed E-state index contributed by atoms with van der Waals surface area (Å²) in [5, 5.41) is 4.21. The topological polar surface area (TPSA) is 57.1 Å². The standard InChI is InChI=1S/C24H33NO4/c1-16(2)18-12-11-17(3)15-21(18)27-23(26)20-10-6-5-9-19(20)22-25-29-24(28-22)13-7-4-8-14-24/h5-6,9-10,16-18,21H,4,7-8,11-15H2,1-3H3/t17-,18+,21-/m0/s1. The highest BCUT2D eigenvalue weighted by atomic mass is 16.8. The molecular weight excluding hydrogens is 366 g/mol. The molecule has 5 nitrogen and oxygen atoms in total. The van der Waals surface area contributed by atoms with Gasteiger partial charge in [-0.2, -0.15) is 0 Å². The lowest BCUT2D eigenvalue weighted by atomic mass is 9.75. The molecule has 158 valence electrons. The highest BCUT2D eigenvalue weighted by molar-refractivity contribution is 6.05. The van der Waals surface area contributed by atoms with Crippen molar-refractivity contribution in [3.8, 4) is 0 Å². The van der Waals surface area contributed by atoms with Crippen LogP contribution >= 0.6 is 0 Å². The van der Waals surface area contributed by atoms with Gasteiger partial charge in [0, 0.05) is 12.8 Å². The van der Waals surface area contributed by atoms with Crippen LogP contribution in [0.3, 0.4) is 0 Å². The number of hydrogen-bond acceptors (Lipinski definition) is 5. The van der Waals surface area contributed by atoms with E-state index in [2.05, 4.69) is 25.9 Å². The van der Waals surface area contributed by atoms with E-state index >= 15 is 0 Å². The minimum atomic E-state index is -0.647. The molecule has 1 aromatic carbocycles. The van der Waals surface area contributed by atoms with Crippen LogP contribution in [0.2, 0.25) is 0 Å². The molecule has 0 unspecified atom stereocenters. The smallest absolute Gasteiger partial charge is 0.339 e. The van der Waals surface area contributed by atoms with E-state index in [9.17, 15) is 4.79 Å². The number of benzene rings is 1. The highest BCUT2D eigenvalue weighted by Crippen LogP contribution is 2.38. The van der Waals surface area contributed by atoms with E-state index < -0.39 is 5.79 Å². The summed E-state index contributed by atoms with van der Waals surface area (Å²) >= 11 is 0. The second-order valence-corrected chi connectivity index (χ2v) is 9.38. The predicted octanol–water partition coefficient (Wildman–Crippen LogP) is 5.67. The third-order valence-corrected chi connectivity index (χ3v) is 6.79. The number of esters is 1. The molecule has 0 amide bonds. The van der Waals surface area contributed by atoms with Crippen molar-refractivity contribution in [1.82, 2.24) is 0 Å². The van der Waals surface area contributed by atoms with Crippen molar-refractivity contribution in [2.24, 2.45) is 22.9 Å². The molecule has 0 radical (unpaired) electrons. The van der Waals surface area contributed by atoms with Crippen LogP contribution < -0.4 is 0 Å². The molecule has 29 heavy (non-hydrogen) atoms. The molecule has 0 saturated heterocycles. The minimum Gasteiger partial charge on any atom is -0.458 e. The van der Waals surface area contributed by atoms with E-state index in [1.165, 1.54) is 12.8 Å². The lowest BCUT2D eigenvalue weighted by molar-refractivity contribution is -0.178. The number of oxime groups is 1. The van der Waals surface area contributed by atoms with E-state index in [-0.39, 0.29) is 12.1 Å². The zero-order chi connectivity index (χ0) is 20.4. The summed E-state index contributed by atoms with van der Waals surface area (Å²) in [6.07, 6.45) is 8.23. The first-order valence-corrected chi connectivity index (χ1v) is 11.2. The summed E-state index contributed by atoms with van der Waals surface area (Å²) in [5.74, 6) is 0.957. The first-order chi connectivity index (χ1) is 14.0. The van der Waals surface area contributed by atoms with Gasteiger partial charge < -0.3 is 14.3 Å². The van der Waals surface area contributed by atoms with Crippen molar-refractivity contribution < 1.29 is 19.1 Å². The van der Waals surface area contributed by atoms with Gasteiger partial charge in [0.1, 0.15) is 6.10 Å². The van der Waals surface area contributed by atoms with Crippen molar-refractivity contribution in [3.63, 3.8) is 0 Å². The molecule has 2 aliphatic carbocycles. The molecule has 2 saturated carbocycles. The summed E-state index contributed by atoms with van der Waals surface area (Å²) in [4.78, 5) is 18.9. The molecule has 3 aliphatic rings. The van der Waals surface area contributed by atoms with Crippen LogP contribution in [0.5, 0.6) is 0 Å². The lowest BCUT2D eigenvalue weighted by Gasteiger charge is -2.36. The van der Waals surface area contributed by atoms with Crippen LogP contribution in [-0.4, -0.2) is 23.8 Å². The maximum Gasteiger partial charge on any atom is 0.339 e. The maximum atomic E-state index is 13.2. The third kappa shape index (κ3) is 4.29. The van der Waals surface area contributed by atoms with Gasteiger partial charge in [0.2, 0.25) is 0 Å². The van der Waals surface area contributed by atoms with Crippen molar-refractivity contribution >= 4 is 11.9 Å². The Balaban J connectivity index is 1.51. The van der Waals surface area contributed by atoms with Crippen LogP contribution in [-0.2, 0) is 14.3 Å². The van der Waals surface area contributed by atoms with Crippen molar-refractivity contribution in [2.75, 3.05) is 0 Å². The summed E-state index contributed by atoms with van der Waals surface area (Å²) in [7, 11) is 0. The van der Waals surface area contributed by atoms with Crippen molar-refractivity contribution in [2.45, 2.75) is 84.0 Å². The molecule has 0 aromatic heterocycles. The highest BCUT2D eigenvalue weighted by Gasteiger charge is 2.43. The second kappa shape index (κ2) is 8.37. The molecule has 1 heterocycles. The van der Waals surface area contributed by atoms with Crippen molar-refractivity contribution in [3.05, 3.63) is 35.4 Å². The Labute approximate surface area is 173 Å². The molecule has 1 aromatic rings. The van der Waals surface area contributed by atoms with Gasteiger partial charge in [-0.3, -0.25) is 0 Å². The Kier molecular flexibility index (Phi) is 5.84. The molecule has 1 spiro atoms. The molecule has 3 atom stereocenters. The summed E-state index contributed by atoms with van der Waals surface area (Å²) in [6, 6.07) is 7.41. The van der Waals surface area contributed by atoms with Gasteiger partial charge in [-0.1, -0.05) is 45.7 Å². The van der Waals surface area contributed by atoms with E-state index in [4.69, 9.17) is 14.3 Å². The Morgan fingerprint density at radius 1 is 1.17 bits per heavy atom. The normalized spacial score (nSPS) is 28.6. The number of ether oxygens (including phenoxy) is 2. The molecular formula is C24H33NO4. The summed E-state index contributed by atoms with van der Waals surface area (Å²) < 4.78 is 12.2. The predicted molar refractivity (Wildman–Crippen MR) is 112 cm³/mol. The quantitative estimate of drug-likeness (QED) is 0.612. The van der Waals surface area contributed by atoms with Gasteiger partial charge in [-0.05, 0) is 60.7 Å². The van der Waals surface area contributed by atoms with Crippen LogP contribution in [0, 0.1) is 17.8 Å². The Hall–Kier alpha value is -2.04. The average Bonchev–Trinajstić information content (AvgIpc) is 3.11. The third-order valence-electron chi connectivity index (χ3n) is 6.79. The average molecular weight is 400 g/mol. The number of carbonyl (C=O) groups is 1. The van der Waals surface area contributed by atoms with Crippen molar-refractivity contribution in [1.29, 1.82) is 0 Å². The van der Waals surface area contributed by atoms with Crippen LogP contribution in [0.15, 0.2) is 29.4 Å². The Bertz CT molecular complexity index is 766. The number of rotatable bonds is 4. The number of carbonyl (C=O) groups excluding carboxylic acids is 1. The summed E-state index contributed by atoms with van der Waals surface area (Å²) in [5.41, 5.74) is 1.16. The Morgan fingerprint density at radius 2 is 1.93 bits per heavy atom. The molecule has 1 aliphatic heterocycles. The zero-order valence-electron chi connectivity index (χ0n) is 17.9. The van der Waals surface area contributed by atoms with Crippen LogP contribution in [0.25, 0.3) is 0 Å². The van der Waals surface area contributed by atoms with Gasteiger partial charge in [0.15, 0.2) is 0 Å². The maximum absolute atomic E-state index is 13.2. The fraction of sp³-hybridized carbons (Fsp3) is 0.667. The van der Waals surface area contributed by atoms with Crippen LogP contribution in [0.4, 0.5) is 0 Å². The van der Waals surface area contributed by atoms with Gasteiger partial charge in [-0.25, -0.2) is 4.79 Å². The fourth-order valence-corrected chi connectivity index (χ4v) is 5.02. The van der Waals surface area contributed by atoms with Gasteiger partial charge in [0.05, 0.1) is 11.1 Å². The minimum absolute atomic E-state index is 0.0355. The van der Waals surface area contributed by atoms with E-state index in [0.29, 0.717) is 34.8 Å². The first-order valence-electron chi connectivity index (χ1n) is 11.2. The second-order valence-electron chi connectivity index (χ2n) is 9.38. The number of hydrogen-bond donors (Lipinski definition) is 0. The van der Waals surface area contributed by atoms with E-state index in [1.54, 1.807) is 6.07 Å². The Morgan fingerprint density at radius 3 is 2.69 bits per heavy atom. The molecule has 4 rings (SSSR count). The largest absolute Gasteiger partial charge is 0.458 e. The molecule has 5 heteroatoms. The zero-order valence-corrected chi connectivity index (χ0v) is 17.9. The summed E-state index contributed by atoms with van der Waals surface area (Å²) in [6.45, 7) is 6.68. The van der Waals surface area contributed by atoms with E-state index in [1.807, 2.05) is 18.2 Å².